The van der Waals surface area contributed by atoms with E-state index in [0.29, 0.717) is 5.56 Å². The molecule has 0 saturated carbocycles. The Morgan fingerprint density at radius 1 is 1.24 bits per heavy atom. The van der Waals surface area contributed by atoms with E-state index in [2.05, 4.69) is 10.6 Å². The van der Waals surface area contributed by atoms with Gasteiger partial charge in [-0.05, 0) is 19.4 Å². The lowest BCUT2D eigenvalue weighted by Crippen LogP contribution is -2.47. The molecule has 0 bridgehead atoms. The van der Waals surface area contributed by atoms with E-state index in [4.69, 9.17) is 5.73 Å². The van der Waals surface area contributed by atoms with Gasteiger partial charge in [-0.15, -0.1) is 0 Å². The summed E-state index contributed by atoms with van der Waals surface area (Å²) in [5.74, 6) is -1.73. The number of hydrogen-bond donors (Lipinski definition) is 4. The molecule has 3 amide bonds. The Labute approximate surface area is 122 Å². The molecule has 0 saturated heterocycles. The van der Waals surface area contributed by atoms with Gasteiger partial charge in [-0.25, -0.2) is 9.59 Å². The lowest BCUT2D eigenvalue weighted by atomic mass is 9.93. The van der Waals surface area contributed by atoms with E-state index < -0.39 is 29.4 Å². The summed E-state index contributed by atoms with van der Waals surface area (Å²) in [6, 6.07) is 6.47. The molecule has 5 N–H and O–H groups in total. The van der Waals surface area contributed by atoms with Crippen LogP contribution in [-0.4, -0.2) is 29.6 Å². The molecule has 0 spiro atoms. The molecule has 21 heavy (non-hydrogen) atoms. The molecule has 1 aromatic rings. The molecular formula is C14H19N3O4. The zero-order valence-corrected chi connectivity index (χ0v) is 11.9. The Balaban J connectivity index is 2.67. The highest BCUT2D eigenvalue weighted by molar-refractivity contribution is 5.84. The van der Waals surface area contributed by atoms with Crippen LogP contribution in [0.3, 0.4) is 0 Å². The number of primary amides is 1. The number of rotatable bonds is 6. The van der Waals surface area contributed by atoms with E-state index in [1.54, 1.807) is 44.2 Å². The van der Waals surface area contributed by atoms with Crippen molar-refractivity contribution < 1.29 is 19.5 Å². The molecule has 1 unspecified atom stereocenters. The van der Waals surface area contributed by atoms with Crippen molar-refractivity contribution in [3.05, 3.63) is 35.9 Å². The summed E-state index contributed by atoms with van der Waals surface area (Å²) in [6.07, 6.45) is 0. The Hall–Kier alpha value is -2.57. The molecule has 114 valence electrons. The third-order valence-corrected chi connectivity index (χ3v) is 3.01. The average molecular weight is 293 g/mol. The van der Waals surface area contributed by atoms with Gasteiger partial charge < -0.3 is 21.5 Å². The van der Waals surface area contributed by atoms with Gasteiger partial charge in [0.2, 0.25) is 5.91 Å². The molecule has 0 heterocycles. The van der Waals surface area contributed by atoms with E-state index in [0.717, 1.165) is 0 Å². The molecule has 0 fully saturated rings. The number of aliphatic carboxylic acids is 1. The summed E-state index contributed by atoms with van der Waals surface area (Å²) in [5.41, 5.74) is 4.73. The Bertz CT molecular complexity index is 528. The highest BCUT2D eigenvalue weighted by Crippen LogP contribution is 2.14. The van der Waals surface area contributed by atoms with Crippen molar-refractivity contribution in [2.75, 3.05) is 6.54 Å². The SMILES string of the molecule is CC(C)(CNC(=O)NC(C(=O)O)c1ccccc1)C(N)=O. The Morgan fingerprint density at radius 3 is 2.29 bits per heavy atom. The molecule has 0 aliphatic heterocycles. The fourth-order valence-corrected chi connectivity index (χ4v) is 1.50. The van der Waals surface area contributed by atoms with Crippen molar-refractivity contribution in [3.8, 4) is 0 Å². The first-order chi connectivity index (χ1) is 9.74. The molecule has 1 atom stereocenters. The minimum atomic E-state index is -1.18. The third kappa shape index (κ3) is 4.79. The van der Waals surface area contributed by atoms with E-state index >= 15 is 0 Å². The molecule has 7 heteroatoms. The second-order valence-electron chi connectivity index (χ2n) is 5.26. The molecule has 1 rings (SSSR count). The molecule has 0 aliphatic carbocycles. The van der Waals surface area contributed by atoms with Gasteiger partial charge in [0.1, 0.15) is 0 Å². The summed E-state index contributed by atoms with van der Waals surface area (Å²) in [5, 5.41) is 14.0. The van der Waals surface area contributed by atoms with E-state index in [1.807, 2.05) is 0 Å². The van der Waals surface area contributed by atoms with Gasteiger partial charge >= 0.3 is 12.0 Å². The summed E-state index contributed by atoms with van der Waals surface area (Å²) in [6.45, 7) is 3.18. The predicted molar refractivity (Wildman–Crippen MR) is 76.3 cm³/mol. The van der Waals surface area contributed by atoms with Crippen LogP contribution < -0.4 is 16.4 Å². The van der Waals surface area contributed by atoms with Gasteiger partial charge in [-0.2, -0.15) is 0 Å². The van der Waals surface area contributed by atoms with Crippen LogP contribution in [0.5, 0.6) is 0 Å². The number of carboxylic acids is 1. The highest BCUT2D eigenvalue weighted by Gasteiger charge is 2.27. The van der Waals surface area contributed by atoms with Crippen LogP contribution >= 0.6 is 0 Å². The van der Waals surface area contributed by atoms with Crippen molar-refractivity contribution >= 4 is 17.9 Å². The highest BCUT2D eigenvalue weighted by atomic mass is 16.4. The zero-order valence-electron chi connectivity index (χ0n) is 11.9. The number of benzene rings is 1. The standard InChI is InChI=1S/C14H19N3O4/c1-14(2,12(15)20)8-16-13(21)17-10(11(18)19)9-6-4-3-5-7-9/h3-7,10H,8H2,1-2H3,(H2,15,20)(H,18,19)(H2,16,17,21). The second kappa shape index (κ2) is 6.74. The quantitative estimate of drug-likeness (QED) is 0.614. The van der Waals surface area contributed by atoms with Crippen LogP contribution in [-0.2, 0) is 9.59 Å². The number of nitrogens with one attached hydrogen (secondary N) is 2. The molecule has 0 aromatic heterocycles. The zero-order chi connectivity index (χ0) is 16.0. The van der Waals surface area contributed by atoms with Crippen molar-refractivity contribution in [1.82, 2.24) is 10.6 Å². The molecule has 7 nitrogen and oxygen atoms in total. The van der Waals surface area contributed by atoms with Gasteiger partial charge in [-0.1, -0.05) is 30.3 Å². The van der Waals surface area contributed by atoms with E-state index in [9.17, 15) is 19.5 Å². The van der Waals surface area contributed by atoms with Gasteiger partial charge in [0.15, 0.2) is 6.04 Å². The molecular weight excluding hydrogens is 274 g/mol. The van der Waals surface area contributed by atoms with Gasteiger partial charge in [0.05, 0.1) is 5.41 Å². The number of hydrogen-bond acceptors (Lipinski definition) is 3. The molecule has 0 radical (unpaired) electrons. The number of nitrogens with two attached hydrogens (primary N) is 1. The average Bonchev–Trinajstić information content (AvgIpc) is 2.43. The maximum atomic E-state index is 11.8. The number of amides is 3. The summed E-state index contributed by atoms with van der Waals surface area (Å²) in [4.78, 5) is 34.1. The van der Waals surface area contributed by atoms with Gasteiger partial charge in [0, 0.05) is 6.54 Å². The van der Waals surface area contributed by atoms with Crippen molar-refractivity contribution in [3.63, 3.8) is 0 Å². The minimum absolute atomic E-state index is 0.00922. The topological polar surface area (TPSA) is 122 Å². The number of carboxylic acid groups (broad SMARTS) is 1. The van der Waals surface area contributed by atoms with Crippen molar-refractivity contribution in [1.29, 1.82) is 0 Å². The van der Waals surface area contributed by atoms with Crippen LogP contribution in [0.2, 0.25) is 0 Å². The maximum absolute atomic E-state index is 11.8. The van der Waals surface area contributed by atoms with Crippen molar-refractivity contribution in [2.45, 2.75) is 19.9 Å². The summed E-state index contributed by atoms with van der Waals surface area (Å²) in [7, 11) is 0. The molecule has 0 aliphatic rings. The fraction of sp³-hybridized carbons (Fsp3) is 0.357. The number of urea groups is 1. The van der Waals surface area contributed by atoms with E-state index in [1.165, 1.54) is 0 Å². The largest absolute Gasteiger partial charge is 0.479 e. The maximum Gasteiger partial charge on any atom is 0.330 e. The second-order valence-corrected chi connectivity index (χ2v) is 5.26. The Morgan fingerprint density at radius 2 is 1.81 bits per heavy atom. The van der Waals surface area contributed by atoms with Gasteiger partial charge in [0.25, 0.3) is 0 Å². The van der Waals surface area contributed by atoms with Gasteiger partial charge in [-0.3, -0.25) is 4.79 Å². The van der Waals surface area contributed by atoms with Crippen LogP contribution in [0.15, 0.2) is 30.3 Å². The first kappa shape index (κ1) is 16.5. The minimum Gasteiger partial charge on any atom is -0.479 e. The lowest BCUT2D eigenvalue weighted by Gasteiger charge is -2.22. The van der Waals surface area contributed by atoms with Crippen LogP contribution in [0.4, 0.5) is 4.79 Å². The lowest BCUT2D eigenvalue weighted by molar-refractivity contribution is -0.139. The first-order valence-corrected chi connectivity index (χ1v) is 6.36. The predicted octanol–water partition coefficient (Wildman–Crippen LogP) is 0.623. The Kier molecular flexibility index (Phi) is 5.29. The summed E-state index contributed by atoms with van der Waals surface area (Å²) < 4.78 is 0. The van der Waals surface area contributed by atoms with E-state index in [-0.39, 0.29) is 6.54 Å². The van der Waals surface area contributed by atoms with Crippen LogP contribution in [0.25, 0.3) is 0 Å². The number of carbonyl (C=O) groups is 3. The van der Waals surface area contributed by atoms with Crippen molar-refractivity contribution in [2.24, 2.45) is 11.1 Å². The number of carbonyl (C=O) groups excluding carboxylic acids is 2. The molecule has 1 aromatic carbocycles. The van der Waals surface area contributed by atoms with Crippen LogP contribution in [0.1, 0.15) is 25.5 Å². The van der Waals surface area contributed by atoms with Crippen LogP contribution in [0, 0.1) is 5.41 Å². The monoisotopic (exact) mass is 293 g/mol. The smallest absolute Gasteiger partial charge is 0.330 e. The third-order valence-electron chi connectivity index (χ3n) is 3.01. The summed E-state index contributed by atoms with van der Waals surface area (Å²) >= 11 is 0. The first-order valence-electron chi connectivity index (χ1n) is 6.36. The fourth-order valence-electron chi connectivity index (χ4n) is 1.50. The normalized spacial score (nSPS) is 12.3.